The maximum absolute atomic E-state index is 13.4. The number of rotatable bonds is 12. The second kappa shape index (κ2) is 16.2. The molecular weight excluding hydrogens is 642 g/mol. The van der Waals surface area contributed by atoms with E-state index in [2.05, 4.69) is 46.6 Å². The fourth-order valence-corrected chi connectivity index (χ4v) is 5.94. The van der Waals surface area contributed by atoms with Crippen LogP contribution in [0.2, 0.25) is 0 Å². The number of pyridine rings is 1. The van der Waals surface area contributed by atoms with Crippen LogP contribution in [0.4, 0.5) is 16.3 Å². The van der Waals surface area contributed by atoms with Crippen molar-refractivity contribution in [1.29, 1.82) is 0 Å². The fraction of sp³-hybridized carbons (Fsp3) is 0.350. The van der Waals surface area contributed by atoms with Gasteiger partial charge in [-0.1, -0.05) is 62.7 Å². The van der Waals surface area contributed by atoms with Crippen molar-refractivity contribution >= 4 is 34.2 Å². The summed E-state index contributed by atoms with van der Waals surface area (Å²) in [5.41, 5.74) is 3.90. The van der Waals surface area contributed by atoms with E-state index in [0.29, 0.717) is 35.2 Å². The van der Waals surface area contributed by atoms with Gasteiger partial charge in [0.1, 0.15) is 17.3 Å². The Kier molecular flexibility index (Phi) is 11.3. The minimum Gasteiger partial charge on any atom is -0.457 e. The van der Waals surface area contributed by atoms with Crippen LogP contribution in [0.1, 0.15) is 50.6 Å². The van der Waals surface area contributed by atoms with Crippen molar-refractivity contribution in [3.8, 4) is 17.2 Å². The van der Waals surface area contributed by atoms with E-state index in [1.165, 1.54) is 0 Å². The number of amides is 3. The molecule has 1 fully saturated rings. The van der Waals surface area contributed by atoms with Gasteiger partial charge < -0.3 is 20.1 Å². The predicted octanol–water partition coefficient (Wildman–Crippen LogP) is 7.23. The van der Waals surface area contributed by atoms with Crippen LogP contribution in [0, 0.1) is 6.92 Å². The first-order valence-electron chi connectivity index (χ1n) is 17.6. The third kappa shape index (κ3) is 9.50. The van der Waals surface area contributed by atoms with Crippen LogP contribution < -0.4 is 20.7 Å². The van der Waals surface area contributed by atoms with Gasteiger partial charge >= 0.3 is 6.03 Å². The zero-order valence-electron chi connectivity index (χ0n) is 29.9. The molecule has 0 bridgehead atoms. The third-order valence-electron chi connectivity index (χ3n) is 8.81. The molecule has 1 aliphatic rings. The molecule has 2 aromatic heterocycles. The van der Waals surface area contributed by atoms with Crippen molar-refractivity contribution in [2.75, 3.05) is 50.0 Å². The number of hydrogen-bond donors (Lipinski definition) is 3. The van der Waals surface area contributed by atoms with Gasteiger partial charge in [-0.15, -0.1) is 0 Å². The highest BCUT2D eigenvalue weighted by Gasteiger charge is 2.22. The molecule has 5 aromatic rings. The zero-order chi connectivity index (χ0) is 35.8. The number of aryl methyl sites for hydroxylation is 1. The molecule has 0 saturated carbocycles. The Labute approximate surface area is 299 Å². The van der Waals surface area contributed by atoms with Crippen molar-refractivity contribution in [3.63, 3.8) is 0 Å². The number of fused-ring (bicyclic) bond motifs is 1. The van der Waals surface area contributed by atoms with Crippen molar-refractivity contribution in [1.82, 2.24) is 25.0 Å². The molecular formula is C40H47N7O4. The minimum absolute atomic E-state index is 0.0678. The molecule has 0 atom stereocenters. The topological polar surface area (TPSA) is 123 Å². The van der Waals surface area contributed by atoms with Gasteiger partial charge in [0.15, 0.2) is 0 Å². The summed E-state index contributed by atoms with van der Waals surface area (Å²) in [6, 6.07) is 24.5. The molecule has 0 radical (unpaired) electrons. The molecule has 3 heterocycles. The van der Waals surface area contributed by atoms with Crippen molar-refractivity contribution in [2.24, 2.45) is 0 Å². The second-order valence-corrected chi connectivity index (χ2v) is 13.9. The molecule has 3 aromatic carbocycles. The highest BCUT2D eigenvalue weighted by molar-refractivity contribution is 6.07. The van der Waals surface area contributed by atoms with E-state index in [1.54, 1.807) is 23.0 Å². The average Bonchev–Trinajstić information content (AvgIpc) is 3.54. The fourth-order valence-electron chi connectivity index (χ4n) is 5.94. The van der Waals surface area contributed by atoms with E-state index in [4.69, 9.17) is 14.6 Å². The SMILES string of the molecule is Cc1ccc(-n2nc(C(C)(C)C)cc2NC(=O)Nc2ccc(Oc3ccnc(CC(=O)NCCCCN4CCOCC4)c3)c3ccccc23)cc1. The molecule has 0 aliphatic carbocycles. The number of aromatic nitrogens is 3. The molecule has 51 heavy (non-hydrogen) atoms. The third-order valence-corrected chi connectivity index (χ3v) is 8.81. The number of urea groups is 1. The summed E-state index contributed by atoms with van der Waals surface area (Å²) in [6.45, 7) is 13.5. The molecule has 11 heteroatoms. The first-order chi connectivity index (χ1) is 24.6. The lowest BCUT2D eigenvalue weighted by Crippen LogP contribution is -2.37. The normalized spacial score (nSPS) is 13.6. The number of ether oxygens (including phenoxy) is 2. The number of anilines is 2. The standard InChI is InChI=1S/C40H47N7O4/c1-28-11-13-30(14-12-28)47-37(27-36(45-47)40(2,3)4)44-39(49)43-34-15-16-35(33-10-6-5-9-32(33)34)51-31-17-19-41-29(25-31)26-38(48)42-18-7-8-20-46-21-23-50-24-22-46/h5-6,9-17,19,25,27H,7-8,18,20-24,26H2,1-4H3,(H,42,48)(H2,43,44,49). The molecule has 11 nitrogen and oxygen atoms in total. The lowest BCUT2D eigenvalue weighted by molar-refractivity contribution is -0.120. The Hall–Kier alpha value is -5.26. The van der Waals surface area contributed by atoms with E-state index in [-0.39, 0.29) is 17.7 Å². The number of nitrogens with zero attached hydrogens (tertiary/aromatic N) is 4. The minimum atomic E-state index is -0.392. The van der Waals surface area contributed by atoms with E-state index in [0.717, 1.165) is 73.4 Å². The number of hydrogen-bond acceptors (Lipinski definition) is 7. The molecule has 0 unspecified atom stereocenters. The van der Waals surface area contributed by atoms with E-state index >= 15 is 0 Å². The first-order valence-corrected chi connectivity index (χ1v) is 17.6. The zero-order valence-corrected chi connectivity index (χ0v) is 29.9. The van der Waals surface area contributed by atoms with Gasteiger partial charge in [-0.25, -0.2) is 9.48 Å². The van der Waals surface area contributed by atoms with E-state index in [9.17, 15) is 9.59 Å². The van der Waals surface area contributed by atoms with Crippen LogP contribution in [0.3, 0.4) is 0 Å². The Morgan fingerprint density at radius 3 is 2.43 bits per heavy atom. The van der Waals surface area contributed by atoms with Crippen molar-refractivity contribution in [3.05, 3.63) is 102 Å². The van der Waals surface area contributed by atoms with Gasteiger partial charge in [0.25, 0.3) is 0 Å². The van der Waals surface area contributed by atoms with Crippen LogP contribution in [-0.2, 0) is 21.4 Å². The number of morpholine rings is 1. The summed E-state index contributed by atoms with van der Waals surface area (Å²) in [4.78, 5) is 32.9. The smallest absolute Gasteiger partial charge is 0.324 e. The quantitative estimate of drug-likeness (QED) is 0.118. The number of unbranched alkanes of at least 4 members (excludes halogenated alkanes) is 1. The molecule has 3 N–H and O–H groups in total. The summed E-state index contributed by atoms with van der Waals surface area (Å²) in [5.74, 6) is 1.69. The van der Waals surface area contributed by atoms with Gasteiger partial charge in [-0.05, 0) is 56.6 Å². The lowest BCUT2D eigenvalue weighted by Gasteiger charge is -2.26. The maximum Gasteiger partial charge on any atom is 0.324 e. The summed E-state index contributed by atoms with van der Waals surface area (Å²) >= 11 is 0. The maximum atomic E-state index is 13.4. The van der Waals surface area contributed by atoms with Gasteiger partial charge in [-0.3, -0.25) is 20.0 Å². The van der Waals surface area contributed by atoms with Crippen molar-refractivity contribution < 1.29 is 19.1 Å². The van der Waals surface area contributed by atoms with E-state index in [1.807, 2.05) is 73.7 Å². The van der Waals surface area contributed by atoms with Crippen LogP contribution in [0.5, 0.6) is 11.5 Å². The number of benzene rings is 3. The van der Waals surface area contributed by atoms with Crippen LogP contribution in [0.25, 0.3) is 16.5 Å². The summed E-state index contributed by atoms with van der Waals surface area (Å²) in [6.07, 6.45) is 3.77. The molecule has 266 valence electrons. The van der Waals surface area contributed by atoms with Gasteiger partial charge in [-0.2, -0.15) is 5.10 Å². The average molecular weight is 690 g/mol. The number of nitrogens with one attached hydrogen (secondary N) is 3. The number of carbonyl (C=O) groups excluding carboxylic acids is 2. The van der Waals surface area contributed by atoms with Crippen molar-refractivity contribution in [2.45, 2.75) is 52.4 Å². The summed E-state index contributed by atoms with van der Waals surface area (Å²) < 4.78 is 13.5. The number of carbonyl (C=O) groups is 2. The summed E-state index contributed by atoms with van der Waals surface area (Å²) in [5, 5.41) is 15.5. The van der Waals surface area contributed by atoms with E-state index < -0.39 is 6.03 Å². The predicted molar refractivity (Wildman–Crippen MR) is 201 cm³/mol. The van der Waals surface area contributed by atoms with Gasteiger partial charge in [0.05, 0.1) is 42.4 Å². The molecule has 6 rings (SSSR count). The largest absolute Gasteiger partial charge is 0.457 e. The highest BCUT2D eigenvalue weighted by Crippen LogP contribution is 2.35. The van der Waals surface area contributed by atoms with Crippen LogP contribution in [0.15, 0.2) is 85.1 Å². The van der Waals surface area contributed by atoms with Crippen LogP contribution in [-0.4, -0.2) is 71.0 Å². The Morgan fingerprint density at radius 2 is 1.67 bits per heavy atom. The molecule has 3 amide bonds. The summed E-state index contributed by atoms with van der Waals surface area (Å²) in [7, 11) is 0. The lowest BCUT2D eigenvalue weighted by atomic mass is 9.92. The molecule has 1 aliphatic heterocycles. The van der Waals surface area contributed by atoms with Gasteiger partial charge in [0.2, 0.25) is 5.91 Å². The Bertz CT molecular complexity index is 1960. The first kappa shape index (κ1) is 35.6. The molecule has 1 saturated heterocycles. The highest BCUT2D eigenvalue weighted by atomic mass is 16.5. The van der Waals surface area contributed by atoms with Gasteiger partial charge in [0, 0.05) is 54.2 Å². The second-order valence-electron chi connectivity index (χ2n) is 13.9. The molecule has 0 spiro atoms. The monoisotopic (exact) mass is 689 g/mol. The Balaban J connectivity index is 1.09. The Morgan fingerprint density at radius 1 is 0.902 bits per heavy atom. The van der Waals surface area contributed by atoms with Crippen LogP contribution >= 0.6 is 0 Å².